The van der Waals surface area contributed by atoms with E-state index in [9.17, 15) is 20.0 Å². The Morgan fingerprint density at radius 1 is 1.48 bits per heavy atom. The SMILES string of the molecule is COc1ccc(/C=C(\Sc2nnc(C)o2)C(=O)O)cc1[N+](=O)[O-]. The molecule has 0 aliphatic carbocycles. The van der Waals surface area contributed by atoms with E-state index in [1.807, 2.05) is 0 Å². The summed E-state index contributed by atoms with van der Waals surface area (Å²) >= 11 is 0.757. The Hall–Kier alpha value is -2.88. The zero-order valence-electron chi connectivity index (χ0n) is 12.0. The summed E-state index contributed by atoms with van der Waals surface area (Å²) in [6.45, 7) is 1.58. The van der Waals surface area contributed by atoms with Crippen LogP contribution in [0, 0.1) is 17.0 Å². The zero-order valence-corrected chi connectivity index (χ0v) is 12.9. The van der Waals surface area contributed by atoms with Crippen molar-refractivity contribution in [3.05, 3.63) is 44.7 Å². The van der Waals surface area contributed by atoms with E-state index in [1.165, 1.54) is 31.4 Å². The summed E-state index contributed by atoms with van der Waals surface area (Å²) in [6, 6.07) is 4.13. The van der Waals surface area contributed by atoms with Crippen molar-refractivity contribution in [2.45, 2.75) is 12.1 Å². The molecule has 0 radical (unpaired) electrons. The second-order valence-corrected chi connectivity index (χ2v) is 5.18. The highest BCUT2D eigenvalue weighted by atomic mass is 32.2. The van der Waals surface area contributed by atoms with Gasteiger partial charge in [0.15, 0.2) is 5.75 Å². The third-order valence-electron chi connectivity index (χ3n) is 2.61. The molecule has 1 N–H and O–H groups in total. The van der Waals surface area contributed by atoms with Crippen LogP contribution in [0.3, 0.4) is 0 Å². The average Bonchev–Trinajstić information content (AvgIpc) is 2.91. The molecular formula is C13H11N3O6S. The lowest BCUT2D eigenvalue weighted by Gasteiger charge is -2.03. The van der Waals surface area contributed by atoms with Gasteiger partial charge in [-0.3, -0.25) is 10.1 Å². The van der Waals surface area contributed by atoms with Gasteiger partial charge >= 0.3 is 11.7 Å². The molecule has 0 spiro atoms. The van der Waals surface area contributed by atoms with E-state index in [4.69, 9.17) is 9.15 Å². The summed E-state index contributed by atoms with van der Waals surface area (Å²) in [5.41, 5.74) is 0.0725. The molecule has 0 unspecified atom stereocenters. The molecule has 0 saturated heterocycles. The number of carboxylic acid groups (broad SMARTS) is 1. The summed E-state index contributed by atoms with van der Waals surface area (Å²) < 4.78 is 10.0. The number of thioether (sulfide) groups is 1. The van der Waals surface area contributed by atoms with Gasteiger partial charge in [-0.05, 0) is 29.5 Å². The molecule has 0 fully saturated rings. The smallest absolute Gasteiger partial charge is 0.342 e. The second-order valence-electron chi connectivity index (χ2n) is 4.19. The van der Waals surface area contributed by atoms with Crippen LogP contribution in [0.2, 0.25) is 0 Å². The van der Waals surface area contributed by atoms with E-state index in [-0.39, 0.29) is 21.6 Å². The van der Waals surface area contributed by atoms with E-state index in [2.05, 4.69) is 10.2 Å². The minimum absolute atomic E-state index is 0.0687. The predicted octanol–water partition coefficient (Wildman–Crippen LogP) is 2.51. The molecule has 0 aliphatic heterocycles. The van der Waals surface area contributed by atoms with Crippen LogP contribution < -0.4 is 4.74 Å². The lowest BCUT2D eigenvalue weighted by molar-refractivity contribution is -0.385. The third kappa shape index (κ3) is 4.07. The summed E-state index contributed by atoms with van der Waals surface area (Å²) in [5, 5.41) is 27.6. The number of methoxy groups -OCH3 is 1. The number of hydrogen-bond donors (Lipinski definition) is 1. The first-order valence-electron chi connectivity index (χ1n) is 6.16. The maximum atomic E-state index is 11.3. The first-order valence-corrected chi connectivity index (χ1v) is 6.97. The van der Waals surface area contributed by atoms with Crippen molar-refractivity contribution in [2.24, 2.45) is 0 Å². The molecule has 120 valence electrons. The summed E-state index contributed by atoms with van der Waals surface area (Å²) in [5.74, 6) is -0.828. The van der Waals surface area contributed by atoms with Crippen LogP contribution in [-0.2, 0) is 4.79 Å². The fourth-order valence-electron chi connectivity index (χ4n) is 1.64. The molecule has 2 rings (SSSR count). The van der Waals surface area contributed by atoms with Gasteiger partial charge < -0.3 is 14.3 Å². The maximum Gasteiger partial charge on any atom is 0.342 e. The van der Waals surface area contributed by atoms with Gasteiger partial charge in [0, 0.05) is 13.0 Å². The number of nitrogens with zero attached hydrogens (tertiary/aromatic N) is 3. The number of aliphatic carboxylic acids is 1. The second kappa shape index (κ2) is 6.92. The Balaban J connectivity index is 2.37. The number of ether oxygens (including phenoxy) is 1. The fraction of sp³-hybridized carbons (Fsp3) is 0.154. The molecule has 9 nitrogen and oxygen atoms in total. The Morgan fingerprint density at radius 3 is 2.74 bits per heavy atom. The van der Waals surface area contributed by atoms with Crippen molar-refractivity contribution in [3.63, 3.8) is 0 Å². The molecule has 23 heavy (non-hydrogen) atoms. The molecular weight excluding hydrogens is 326 g/mol. The van der Waals surface area contributed by atoms with E-state index < -0.39 is 10.9 Å². The molecule has 0 atom stereocenters. The van der Waals surface area contributed by atoms with Crippen molar-refractivity contribution in [2.75, 3.05) is 7.11 Å². The van der Waals surface area contributed by atoms with Gasteiger partial charge in [0.2, 0.25) is 5.89 Å². The number of carboxylic acids is 1. The lowest BCUT2D eigenvalue weighted by atomic mass is 10.1. The Labute approximate surface area is 134 Å². The number of aromatic nitrogens is 2. The average molecular weight is 337 g/mol. The lowest BCUT2D eigenvalue weighted by Crippen LogP contribution is -1.98. The van der Waals surface area contributed by atoms with E-state index >= 15 is 0 Å². The van der Waals surface area contributed by atoms with Crippen LogP contribution in [0.4, 0.5) is 5.69 Å². The van der Waals surface area contributed by atoms with Gasteiger partial charge in [-0.15, -0.1) is 10.2 Å². The Kier molecular flexibility index (Phi) is 4.96. The molecule has 0 saturated carbocycles. The minimum atomic E-state index is -1.22. The van der Waals surface area contributed by atoms with Crippen molar-refractivity contribution in [1.29, 1.82) is 0 Å². The van der Waals surface area contributed by atoms with Crippen LogP contribution in [0.15, 0.2) is 32.7 Å². The highest BCUT2D eigenvalue weighted by Crippen LogP contribution is 2.31. The Morgan fingerprint density at radius 2 is 2.22 bits per heavy atom. The molecule has 1 heterocycles. The van der Waals surface area contributed by atoms with E-state index in [1.54, 1.807) is 6.92 Å². The summed E-state index contributed by atoms with van der Waals surface area (Å²) in [7, 11) is 1.31. The number of rotatable bonds is 6. The molecule has 2 aromatic rings. The van der Waals surface area contributed by atoms with Gasteiger partial charge in [-0.2, -0.15) is 0 Å². The van der Waals surface area contributed by atoms with Gasteiger partial charge in [0.25, 0.3) is 5.22 Å². The highest BCUT2D eigenvalue weighted by molar-refractivity contribution is 8.03. The third-order valence-corrected chi connectivity index (χ3v) is 3.46. The number of nitro benzene ring substituents is 1. The normalized spacial score (nSPS) is 11.3. The van der Waals surface area contributed by atoms with E-state index in [0.717, 1.165) is 11.8 Å². The van der Waals surface area contributed by atoms with Gasteiger partial charge in [-0.25, -0.2) is 4.79 Å². The topological polar surface area (TPSA) is 129 Å². The standard InChI is InChI=1S/C13H11N3O6S/c1-7-14-15-13(22-7)23-11(12(17)18)6-8-3-4-10(21-2)9(5-8)16(19)20/h3-6H,1-2H3,(H,17,18)/b11-6-. The maximum absolute atomic E-state index is 11.3. The largest absolute Gasteiger partial charge is 0.490 e. The first kappa shape index (κ1) is 16.5. The predicted molar refractivity (Wildman–Crippen MR) is 80.2 cm³/mol. The minimum Gasteiger partial charge on any atom is -0.490 e. The number of benzene rings is 1. The molecule has 0 amide bonds. The molecule has 0 bridgehead atoms. The molecule has 0 aliphatic rings. The monoisotopic (exact) mass is 337 g/mol. The summed E-state index contributed by atoms with van der Waals surface area (Å²) in [6.07, 6.45) is 1.28. The number of carbonyl (C=O) groups is 1. The highest BCUT2D eigenvalue weighted by Gasteiger charge is 2.17. The molecule has 1 aromatic carbocycles. The van der Waals surface area contributed by atoms with Gasteiger partial charge in [0.1, 0.15) is 4.91 Å². The van der Waals surface area contributed by atoms with Crippen LogP contribution in [0.5, 0.6) is 5.75 Å². The fourth-order valence-corrected chi connectivity index (χ4v) is 2.35. The van der Waals surface area contributed by atoms with Crippen molar-refractivity contribution >= 4 is 29.5 Å². The van der Waals surface area contributed by atoms with Crippen molar-refractivity contribution in [1.82, 2.24) is 10.2 Å². The quantitative estimate of drug-likeness (QED) is 0.366. The number of aryl methyl sites for hydroxylation is 1. The summed E-state index contributed by atoms with van der Waals surface area (Å²) in [4.78, 5) is 21.6. The van der Waals surface area contributed by atoms with Crippen molar-refractivity contribution in [3.8, 4) is 5.75 Å². The van der Waals surface area contributed by atoms with Gasteiger partial charge in [-0.1, -0.05) is 6.07 Å². The van der Waals surface area contributed by atoms with Crippen LogP contribution in [0.1, 0.15) is 11.5 Å². The van der Waals surface area contributed by atoms with E-state index in [0.29, 0.717) is 11.5 Å². The van der Waals surface area contributed by atoms with Crippen LogP contribution >= 0.6 is 11.8 Å². The number of hydrogen-bond acceptors (Lipinski definition) is 8. The van der Waals surface area contributed by atoms with Gasteiger partial charge in [0.05, 0.1) is 12.0 Å². The number of nitro groups is 1. The zero-order chi connectivity index (χ0) is 17.0. The molecule has 1 aromatic heterocycles. The Bertz CT molecular complexity index is 786. The van der Waals surface area contributed by atoms with Crippen molar-refractivity contribution < 1.29 is 24.0 Å². The first-order chi connectivity index (χ1) is 10.9. The van der Waals surface area contributed by atoms with Crippen LogP contribution in [-0.4, -0.2) is 33.3 Å². The molecule has 10 heteroatoms. The van der Waals surface area contributed by atoms with Crippen LogP contribution in [0.25, 0.3) is 6.08 Å².